The molecule has 4 N–H and O–H groups in total. The standard InChI is InChI=1S/C36H45N7O5Si/c1-46-31-21-24(20-28-22-39-36(38)41-34(28)37)19-26(33(31)47-2)13-14-32(44)43-30(29-11-7-6-9-27(29)23-40-43)12-8-10-25-15-16-42(35(25)45)48-17-18-49(3,4)5/h6-7,9-11,13-14,19,21-23,30H,8,12,15-18,20H2,1-5H3,(H4,37,38,39,41)/b14-13+,25-10-. The molecular weight excluding hydrogens is 639 g/mol. The highest BCUT2D eigenvalue weighted by Gasteiger charge is 2.30. The first-order valence-corrected chi connectivity index (χ1v) is 20.1. The van der Waals surface area contributed by atoms with Crippen LogP contribution in [0.3, 0.4) is 0 Å². The van der Waals surface area contributed by atoms with Crippen LogP contribution in [0.4, 0.5) is 11.8 Å². The van der Waals surface area contributed by atoms with Gasteiger partial charge < -0.3 is 20.9 Å². The zero-order chi connectivity index (χ0) is 35.1. The van der Waals surface area contributed by atoms with Crippen molar-refractivity contribution in [1.82, 2.24) is 20.0 Å². The van der Waals surface area contributed by atoms with Gasteiger partial charge in [-0.15, -0.1) is 0 Å². The molecule has 5 rings (SSSR count). The molecule has 12 nitrogen and oxygen atoms in total. The van der Waals surface area contributed by atoms with Crippen molar-refractivity contribution in [2.75, 3.05) is 38.8 Å². The van der Waals surface area contributed by atoms with E-state index < -0.39 is 8.07 Å². The van der Waals surface area contributed by atoms with Crippen molar-refractivity contribution in [1.29, 1.82) is 0 Å². The Kier molecular flexibility index (Phi) is 11.1. The van der Waals surface area contributed by atoms with Gasteiger partial charge in [0.1, 0.15) is 5.82 Å². The molecule has 1 saturated heterocycles. The molecule has 1 atom stereocenters. The van der Waals surface area contributed by atoms with Gasteiger partial charge in [-0.05, 0) is 60.2 Å². The molecule has 2 aromatic carbocycles. The van der Waals surface area contributed by atoms with Crippen LogP contribution in [-0.2, 0) is 20.8 Å². The van der Waals surface area contributed by atoms with Gasteiger partial charge >= 0.3 is 0 Å². The lowest BCUT2D eigenvalue weighted by Crippen LogP contribution is -2.32. The maximum Gasteiger partial charge on any atom is 0.273 e. The number of hydrazone groups is 1. The molecule has 0 bridgehead atoms. The second-order valence-corrected chi connectivity index (χ2v) is 18.9. The van der Waals surface area contributed by atoms with Crippen LogP contribution in [0, 0.1) is 0 Å². The van der Waals surface area contributed by atoms with Crippen LogP contribution in [0.1, 0.15) is 53.1 Å². The molecule has 2 aliphatic heterocycles. The lowest BCUT2D eigenvalue weighted by Gasteiger charge is -2.31. The molecule has 3 aromatic rings. The zero-order valence-electron chi connectivity index (χ0n) is 28.8. The summed E-state index contributed by atoms with van der Waals surface area (Å²) in [4.78, 5) is 40.7. The maximum atomic E-state index is 13.8. The van der Waals surface area contributed by atoms with E-state index in [0.29, 0.717) is 67.3 Å². The van der Waals surface area contributed by atoms with Crippen molar-refractivity contribution >= 4 is 43.9 Å². The van der Waals surface area contributed by atoms with E-state index >= 15 is 0 Å². The van der Waals surface area contributed by atoms with Gasteiger partial charge in [-0.3, -0.25) is 14.4 Å². The number of amides is 2. The number of anilines is 2. The Labute approximate surface area is 288 Å². The lowest BCUT2D eigenvalue weighted by molar-refractivity contribution is -0.173. The highest BCUT2D eigenvalue weighted by atomic mass is 28.3. The SMILES string of the molecule is COc1cc(Cc2cnc(N)nc2N)cc(/C=C/C(=O)N2N=Cc3ccccc3C2CC/C=C2/CCN(OCC[Si](C)(C)C)C2=O)c1OC. The lowest BCUT2D eigenvalue weighted by atomic mass is 9.94. The molecule has 0 aliphatic carbocycles. The first-order chi connectivity index (χ1) is 23.5. The minimum atomic E-state index is -1.26. The van der Waals surface area contributed by atoms with Gasteiger partial charge in [0.25, 0.3) is 11.8 Å². The second-order valence-electron chi connectivity index (χ2n) is 13.2. The third-order valence-electron chi connectivity index (χ3n) is 8.50. The molecule has 0 spiro atoms. The van der Waals surface area contributed by atoms with Gasteiger partial charge in [-0.25, -0.2) is 15.1 Å². The van der Waals surface area contributed by atoms with E-state index in [2.05, 4.69) is 34.7 Å². The van der Waals surface area contributed by atoms with Gasteiger partial charge in [-0.2, -0.15) is 10.1 Å². The third kappa shape index (κ3) is 8.72. The fraction of sp³-hybridized carbons (Fsp3) is 0.361. The predicted octanol–water partition coefficient (Wildman–Crippen LogP) is 5.39. The number of benzene rings is 2. The molecule has 258 valence electrons. The van der Waals surface area contributed by atoms with E-state index in [9.17, 15) is 9.59 Å². The number of aromatic nitrogens is 2. The highest BCUT2D eigenvalue weighted by molar-refractivity contribution is 6.76. The number of ether oxygens (including phenoxy) is 2. The van der Waals surface area contributed by atoms with Crippen LogP contribution in [0.5, 0.6) is 11.5 Å². The maximum absolute atomic E-state index is 13.8. The van der Waals surface area contributed by atoms with E-state index in [1.54, 1.807) is 32.7 Å². The van der Waals surface area contributed by atoms with E-state index in [1.165, 1.54) is 16.1 Å². The Bertz CT molecular complexity index is 1790. The molecule has 1 unspecified atom stereocenters. The number of fused-ring (bicyclic) bond motifs is 1. The van der Waals surface area contributed by atoms with Crippen molar-refractivity contribution in [3.63, 3.8) is 0 Å². The quantitative estimate of drug-likeness (QED) is 0.178. The number of carbonyl (C=O) groups excluding carboxylic acids is 2. The van der Waals surface area contributed by atoms with Crippen molar-refractivity contribution < 1.29 is 23.9 Å². The van der Waals surface area contributed by atoms with Crippen LogP contribution in [0.2, 0.25) is 25.7 Å². The van der Waals surface area contributed by atoms with Gasteiger partial charge in [0.2, 0.25) is 5.95 Å². The van der Waals surface area contributed by atoms with E-state index in [0.717, 1.165) is 28.3 Å². The zero-order valence-corrected chi connectivity index (χ0v) is 29.8. The van der Waals surface area contributed by atoms with E-state index in [4.69, 9.17) is 25.8 Å². The summed E-state index contributed by atoms with van der Waals surface area (Å²) in [5, 5.41) is 7.55. The molecule has 1 aromatic heterocycles. The van der Waals surface area contributed by atoms with Crippen LogP contribution < -0.4 is 20.9 Å². The van der Waals surface area contributed by atoms with Crippen molar-refractivity contribution in [2.45, 2.75) is 57.4 Å². The Balaban J connectivity index is 1.33. The Morgan fingerprint density at radius 1 is 1.12 bits per heavy atom. The molecule has 49 heavy (non-hydrogen) atoms. The van der Waals surface area contributed by atoms with Crippen LogP contribution in [-0.4, -0.2) is 73.5 Å². The smallest absolute Gasteiger partial charge is 0.273 e. The van der Waals surface area contributed by atoms with Crippen molar-refractivity contribution in [2.24, 2.45) is 5.10 Å². The number of nitrogen functional groups attached to an aromatic ring is 2. The summed E-state index contributed by atoms with van der Waals surface area (Å²) in [5.74, 6) is 0.994. The topological polar surface area (TPSA) is 158 Å². The fourth-order valence-corrected chi connectivity index (χ4v) is 6.55. The number of nitrogens with zero attached hydrogens (tertiary/aromatic N) is 5. The highest BCUT2D eigenvalue weighted by Crippen LogP contribution is 2.36. The molecule has 3 heterocycles. The number of nitrogens with two attached hydrogens (primary N) is 2. The number of hydrogen-bond acceptors (Lipinski definition) is 10. The summed E-state index contributed by atoms with van der Waals surface area (Å²) in [7, 11) is 1.84. The van der Waals surface area contributed by atoms with Crippen molar-refractivity contribution in [3.05, 3.63) is 88.1 Å². The normalized spacial score (nSPS) is 16.9. The van der Waals surface area contributed by atoms with Gasteiger partial charge in [-0.1, -0.05) is 50.0 Å². The number of hydroxylamine groups is 2. The molecule has 2 amide bonds. The molecule has 1 fully saturated rings. The molecule has 0 radical (unpaired) electrons. The number of rotatable bonds is 13. The predicted molar refractivity (Wildman–Crippen MR) is 194 cm³/mol. The van der Waals surface area contributed by atoms with Gasteiger partial charge in [0.15, 0.2) is 11.5 Å². The first kappa shape index (κ1) is 35.3. The average molecular weight is 684 g/mol. The van der Waals surface area contributed by atoms with Crippen LogP contribution in [0.25, 0.3) is 6.08 Å². The summed E-state index contributed by atoms with van der Waals surface area (Å²) >= 11 is 0. The number of allylic oxidation sites excluding steroid dienone is 1. The molecule has 13 heteroatoms. The summed E-state index contributed by atoms with van der Waals surface area (Å²) in [6, 6.07) is 12.3. The second kappa shape index (κ2) is 15.5. The Morgan fingerprint density at radius 3 is 2.65 bits per heavy atom. The monoisotopic (exact) mass is 683 g/mol. The number of carbonyl (C=O) groups is 2. The minimum Gasteiger partial charge on any atom is -0.493 e. The fourth-order valence-electron chi connectivity index (χ4n) is 5.84. The summed E-state index contributed by atoms with van der Waals surface area (Å²) in [6.07, 6.45) is 10.7. The van der Waals surface area contributed by atoms with Gasteiger partial charge in [0, 0.05) is 43.5 Å². The Hall–Kier alpha value is -5.01. The number of methoxy groups -OCH3 is 2. The third-order valence-corrected chi connectivity index (χ3v) is 10.2. The first-order valence-electron chi connectivity index (χ1n) is 16.4. The molecule has 0 saturated carbocycles. The summed E-state index contributed by atoms with van der Waals surface area (Å²) in [5.41, 5.74) is 16.6. The Morgan fingerprint density at radius 2 is 1.92 bits per heavy atom. The summed E-state index contributed by atoms with van der Waals surface area (Å²) < 4.78 is 11.3. The minimum absolute atomic E-state index is 0.0771. The summed E-state index contributed by atoms with van der Waals surface area (Å²) in [6.45, 7) is 7.97. The van der Waals surface area contributed by atoms with Crippen LogP contribution >= 0.6 is 0 Å². The molecule has 2 aliphatic rings. The molecular formula is C36H45N7O5Si. The largest absolute Gasteiger partial charge is 0.493 e. The van der Waals surface area contributed by atoms with E-state index in [-0.39, 0.29) is 23.8 Å². The average Bonchev–Trinajstić information content (AvgIpc) is 3.42. The van der Waals surface area contributed by atoms with E-state index in [1.807, 2.05) is 42.5 Å². The van der Waals surface area contributed by atoms with Crippen LogP contribution in [0.15, 0.2) is 65.4 Å². The number of hydrogen-bond donors (Lipinski definition) is 2. The van der Waals surface area contributed by atoms with Crippen molar-refractivity contribution in [3.8, 4) is 11.5 Å². The van der Waals surface area contributed by atoms with Gasteiger partial charge in [0.05, 0.1) is 39.6 Å².